The summed E-state index contributed by atoms with van der Waals surface area (Å²) in [6.45, 7) is 13.0. The molecule has 1 aromatic rings. The van der Waals surface area contributed by atoms with E-state index in [2.05, 4.69) is 33.9 Å². The number of hydrogen-bond acceptors (Lipinski definition) is 1. The van der Waals surface area contributed by atoms with E-state index < -0.39 is 14.2 Å². The van der Waals surface area contributed by atoms with Gasteiger partial charge in [-0.3, -0.25) is 4.79 Å². The molecule has 0 saturated carbocycles. The summed E-state index contributed by atoms with van der Waals surface area (Å²) in [4.78, 5) is 12.6. The second kappa shape index (κ2) is 6.86. The van der Waals surface area contributed by atoms with E-state index in [0.29, 0.717) is 0 Å². The molecule has 0 fully saturated rings. The molecule has 2 atom stereocenters. The maximum Gasteiger partial charge on any atom is 0.167 e. The van der Waals surface area contributed by atoms with Crippen molar-refractivity contribution < 1.29 is 9.18 Å². The largest absolute Gasteiger partial charge is 0.296 e. The Morgan fingerprint density at radius 3 is 2.14 bits per heavy atom. The third kappa shape index (κ3) is 4.25. The number of halogens is 1. The Labute approximate surface area is 130 Å². The molecule has 0 N–H and O–H groups in total. The Bertz CT molecular complexity index is 462. The van der Waals surface area contributed by atoms with Crippen molar-refractivity contribution in [2.75, 3.05) is 0 Å². The number of carbonyl (C=O) groups is 1. The zero-order chi connectivity index (χ0) is 16.3. The molecule has 0 aliphatic rings. The Balaban J connectivity index is 2.89. The Morgan fingerprint density at radius 1 is 1.19 bits per heavy atom. The number of ketones is 1. The normalized spacial score (nSPS) is 15.6. The third-order valence-corrected chi connectivity index (χ3v) is 11.4. The van der Waals surface area contributed by atoms with Crippen molar-refractivity contribution in [3.8, 4) is 0 Å². The van der Waals surface area contributed by atoms with Gasteiger partial charge < -0.3 is 0 Å². The fraction of sp³-hybridized carbons (Fsp3) is 0.611. The Hall–Kier alpha value is -0.963. The molecule has 118 valence electrons. The van der Waals surface area contributed by atoms with Gasteiger partial charge in [-0.25, -0.2) is 4.39 Å². The van der Waals surface area contributed by atoms with E-state index in [4.69, 9.17) is 0 Å². The topological polar surface area (TPSA) is 17.1 Å². The van der Waals surface area contributed by atoms with E-state index in [1.807, 2.05) is 37.3 Å². The quantitative estimate of drug-likeness (QED) is 0.641. The van der Waals surface area contributed by atoms with E-state index in [9.17, 15) is 9.18 Å². The number of alkyl halides is 1. The standard InChI is InChI=1S/C18H29FOSi/c1-7-16(21(5,6)18(2,3)4)17(20)15(19)13-14-11-9-8-10-12-14/h8-12,15-16H,7,13H2,1-6H3/t15-,16+/m1/s1. The average molecular weight is 309 g/mol. The second-order valence-corrected chi connectivity index (χ2v) is 13.1. The SMILES string of the molecule is CC[C@@H](C(=O)[C@H](F)Cc1ccccc1)[Si](C)(C)C(C)(C)C. The molecule has 1 rings (SSSR count). The summed E-state index contributed by atoms with van der Waals surface area (Å²) < 4.78 is 14.5. The van der Waals surface area contributed by atoms with Gasteiger partial charge in [0.05, 0.1) is 8.07 Å². The van der Waals surface area contributed by atoms with Crippen molar-refractivity contribution in [2.24, 2.45) is 0 Å². The number of hydrogen-bond donors (Lipinski definition) is 0. The number of benzene rings is 1. The van der Waals surface area contributed by atoms with Gasteiger partial charge in [-0.1, -0.05) is 71.1 Å². The van der Waals surface area contributed by atoms with Crippen molar-refractivity contribution in [3.05, 3.63) is 35.9 Å². The molecule has 0 bridgehead atoms. The predicted octanol–water partition coefficient (Wildman–Crippen LogP) is 5.43. The first-order valence-electron chi connectivity index (χ1n) is 7.83. The highest BCUT2D eigenvalue weighted by Crippen LogP contribution is 2.45. The Morgan fingerprint density at radius 2 is 1.71 bits per heavy atom. The number of Topliss-reactive ketones (excluding diaryl/α,β-unsaturated/α-hetero) is 1. The maximum absolute atomic E-state index is 14.5. The van der Waals surface area contributed by atoms with Crippen molar-refractivity contribution in [3.63, 3.8) is 0 Å². The summed E-state index contributed by atoms with van der Waals surface area (Å²) in [5, 5.41) is 0.0931. The lowest BCUT2D eigenvalue weighted by atomic mass is 10.0. The minimum absolute atomic E-state index is 0.0931. The highest BCUT2D eigenvalue weighted by Gasteiger charge is 2.46. The number of rotatable bonds is 6. The molecule has 0 radical (unpaired) electrons. The molecular formula is C18H29FOSi. The van der Waals surface area contributed by atoms with Gasteiger partial charge in [0.2, 0.25) is 0 Å². The van der Waals surface area contributed by atoms with Gasteiger partial charge in [-0.2, -0.15) is 0 Å². The zero-order valence-corrected chi connectivity index (χ0v) is 15.2. The van der Waals surface area contributed by atoms with Crippen LogP contribution in [-0.2, 0) is 11.2 Å². The fourth-order valence-electron chi connectivity index (χ4n) is 2.73. The van der Waals surface area contributed by atoms with E-state index in [1.54, 1.807) is 0 Å². The van der Waals surface area contributed by atoms with Crippen LogP contribution in [0.2, 0.25) is 23.7 Å². The lowest BCUT2D eigenvalue weighted by Crippen LogP contribution is -2.47. The molecule has 0 amide bonds. The van der Waals surface area contributed by atoms with Crippen LogP contribution >= 0.6 is 0 Å². The molecule has 1 nitrogen and oxygen atoms in total. The van der Waals surface area contributed by atoms with Gasteiger partial charge in [-0.05, 0) is 17.0 Å². The van der Waals surface area contributed by atoms with Crippen LogP contribution in [0.1, 0.15) is 39.7 Å². The van der Waals surface area contributed by atoms with E-state index in [1.165, 1.54) is 0 Å². The van der Waals surface area contributed by atoms with Crippen molar-refractivity contribution in [1.29, 1.82) is 0 Å². The molecule has 0 aliphatic heterocycles. The number of carbonyl (C=O) groups excluding carboxylic acids is 1. The Kier molecular flexibility index (Phi) is 5.91. The summed E-state index contributed by atoms with van der Waals surface area (Å²) >= 11 is 0. The first-order chi connectivity index (χ1) is 9.61. The zero-order valence-electron chi connectivity index (χ0n) is 14.2. The summed E-state index contributed by atoms with van der Waals surface area (Å²) in [5.74, 6) is -0.187. The minimum Gasteiger partial charge on any atom is -0.296 e. The molecule has 1 aromatic carbocycles. The van der Waals surface area contributed by atoms with Crippen LogP contribution in [0, 0.1) is 0 Å². The lowest BCUT2D eigenvalue weighted by molar-refractivity contribution is -0.124. The predicted molar refractivity (Wildman–Crippen MR) is 91.3 cm³/mol. The van der Waals surface area contributed by atoms with Crippen LogP contribution in [-0.4, -0.2) is 20.0 Å². The molecule has 0 aliphatic carbocycles. The smallest absolute Gasteiger partial charge is 0.167 e. The van der Waals surface area contributed by atoms with Crippen LogP contribution in [0.15, 0.2) is 30.3 Å². The van der Waals surface area contributed by atoms with Gasteiger partial charge in [0.1, 0.15) is 0 Å². The maximum atomic E-state index is 14.5. The van der Waals surface area contributed by atoms with Crippen LogP contribution in [0.5, 0.6) is 0 Å². The molecule has 0 spiro atoms. The van der Waals surface area contributed by atoms with Gasteiger partial charge >= 0.3 is 0 Å². The van der Waals surface area contributed by atoms with E-state index in [-0.39, 0.29) is 22.8 Å². The average Bonchev–Trinajstić information content (AvgIpc) is 2.38. The summed E-state index contributed by atoms with van der Waals surface area (Å²) in [5.41, 5.74) is 0.777. The summed E-state index contributed by atoms with van der Waals surface area (Å²) in [7, 11) is -1.87. The second-order valence-electron chi connectivity index (χ2n) is 7.49. The summed E-state index contributed by atoms with van der Waals surface area (Å²) in [6.07, 6.45) is -0.443. The van der Waals surface area contributed by atoms with Crippen LogP contribution in [0.3, 0.4) is 0 Å². The lowest BCUT2D eigenvalue weighted by Gasteiger charge is -2.42. The van der Waals surface area contributed by atoms with Crippen LogP contribution in [0.4, 0.5) is 4.39 Å². The third-order valence-electron chi connectivity index (χ3n) is 5.12. The fourth-order valence-corrected chi connectivity index (χ4v) is 5.69. The molecule has 0 heterocycles. The van der Waals surface area contributed by atoms with E-state index in [0.717, 1.165) is 12.0 Å². The van der Waals surface area contributed by atoms with Gasteiger partial charge in [0.25, 0.3) is 0 Å². The summed E-state index contributed by atoms with van der Waals surface area (Å²) in [6, 6.07) is 9.44. The van der Waals surface area contributed by atoms with Crippen molar-refractivity contribution in [1.82, 2.24) is 0 Å². The van der Waals surface area contributed by atoms with Crippen molar-refractivity contribution in [2.45, 2.75) is 70.4 Å². The first-order valence-corrected chi connectivity index (χ1v) is 10.9. The van der Waals surface area contributed by atoms with Crippen LogP contribution < -0.4 is 0 Å². The van der Waals surface area contributed by atoms with E-state index >= 15 is 0 Å². The van der Waals surface area contributed by atoms with Crippen LogP contribution in [0.25, 0.3) is 0 Å². The highest BCUT2D eigenvalue weighted by molar-refractivity contribution is 6.84. The van der Waals surface area contributed by atoms with Crippen molar-refractivity contribution >= 4 is 13.9 Å². The van der Waals surface area contributed by atoms with Gasteiger partial charge in [0.15, 0.2) is 12.0 Å². The molecule has 0 aromatic heterocycles. The molecule has 21 heavy (non-hydrogen) atoms. The first kappa shape index (κ1) is 18.1. The highest BCUT2D eigenvalue weighted by atomic mass is 28.3. The molecule has 3 heteroatoms. The minimum atomic E-state index is -1.87. The molecule has 0 unspecified atom stereocenters. The van der Waals surface area contributed by atoms with Gasteiger partial charge in [0, 0.05) is 12.0 Å². The molecular weight excluding hydrogens is 279 g/mol. The molecule has 0 saturated heterocycles. The monoisotopic (exact) mass is 308 g/mol. The van der Waals surface area contributed by atoms with Gasteiger partial charge in [-0.15, -0.1) is 0 Å².